The standard InChI is InChI=1S/C22H22ClNO4S/c1-15-6-7-21-19(10-15)17(13-28-21)11-22(25)24(18-8-9-29(26,27)14-18)12-16-4-2-3-5-20(16)23/h2-7,10,13,18H,8-9,11-12,14H2,1H3/t18-/m0/s1. The Morgan fingerprint density at radius 2 is 2.00 bits per heavy atom. The van der Waals surface area contributed by atoms with Crippen LogP contribution in [0.4, 0.5) is 0 Å². The minimum Gasteiger partial charge on any atom is -0.464 e. The SMILES string of the molecule is Cc1ccc2occ(CC(=O)N(Cc3ccccc3Cl)[C@H]3CCS(=O)(=O)C3)c2c1. The summed E-state index contributed by atoms with van der Waals surface area (Å²) in [5.74, 6) is -0.0251. The number of rotatable bonds is 5. The lowest BCUT2D eigenvalue weighted by Crippen LogP contribution is -2.41. The second-order valence-corrected chi connectivity index (χ2v) is 10.2. The van der Waals surface area contributed by atoms with Gasteiger partial charge in [-0.3, -0.25) is 4.79 Å². The van der Waals surface area contributed by atoms with Crippen LogP contribution in [-0.4, -0.2) is 36.8 Å². The van der Waals surface area contributed by atoms with Gasteiger partial charge in [-0.05, 0) is 37.1 Å². The van der Waals surface area contributed by atoms with Crippen molar-refractivity contribution in [2.75, 3.05) is 11.5 Å². The molecule has 1 aliphatic heterocycles. The van der Waals surface area contributed by atoms with Gasteiger partial charge < -0.3 is 9.32 Å². The Kier molecular flexibility index (Phi) is 5.40. The number of carbonyl (C=O) groups excluding carboxylic acids is 1. The predicted molar refractivity (Wildman–Crippen MR) is 114 cm³/mol. The van der Waals surface area contributed by atoms with E-state index in [0.29, 0.717) is 11.4 Å². The molecule has 0 radical (unpaired) electrons. The fourth-order valence-electron chi connectivity index (χ4n) is 3.85. The van der Waals surface area contributed by atoms with Gasteiger partial charge in [0.1, 0.15) is 5.58 Å². The third-order valence-corrected chi connectivity index (χ3v) is 7.54. The number of fused-ring (bicyclic) bond motifs is 1. The van der Waals surface area contributed by atoms with E-state index in [0.717, 1.165) is 27.7 Å². The smallest absolute Gasteiger partial charge is 0.227 e. The Morgan fingerprint density at radius 1 is 1.21 bits per heavy atom. The summed E-state index contributed by atoms with van der Waals surface area (Å²) >= 11 is 6.30. The topological polar surface area (TPSA) is 67.6 Å². The van der Waals surface area contributed by atoms with Gasteiger partial charge in [0, 0.05) is 28.6 Å². The van der Waals surface area contributed by atoms with Gasteiger partial charge in [0.05, 0.1) is 24.2 Å². The first-order chi connectivity index (χ1) is 13.8. The molecule has 5 nitrogen and oxygen atoms in total. The van der Waals surface area contributed by atoms with Gasteiger partial charge in [0.25, 0.3) is 0 Å². The number of benzene rings is 2. The molecule has 0 N–H and O–H groups in total. The van der Waals surface area contributed by atoms with Crippen LogP contribution >= 0.6 is 11.6 Å². The summed E-state index contributed by atoms with van der Waals surface area (Å²) in [4.78, 5) is 15.0. The largest absolute Gasteiger partial charge is 0.464 e. The van der Waals surface area contributed by atoms with Crippen molar-refractivity contribution in [3.63, 3.8) is 0 Å². The lowest BCUT2D eigenvalue weighted by molar-refractivity contribution is -0.133. The molecule has 2 aromatic carbocycles. The van der Waals surface area contributed by atoms with Crippen molar-refractivity contribution in [1.29, 1.82) is 0 Å². The summed E-state index contributed by atoms with van der Waals surface area (Å²) in [5.41, 5.74) is 3.43. The maximum absolute atomic E-state index is 13.3. The van der Waals surface area contributed by atoms with Crippen LogP contribution in [0.5, 0.6) is 0 Å². The molecule has 0 saturated carbocycles. The van der Waals surface area contributed by atoms with Gasteiger partial charge in [-0.15, -0.1) is 0 Å². The van der Waals surface area contributed by atoms with E-state index in [-0.39, 0.29) is 36.4 Å². The first-order valence-electron chi connectivity index (χ1n) is 9.52. The molecule has 4 rings (SSSR count). The average Bonchev–Trinajstić information content (AvgIpc) is 3.23. The zero-order valence-corrected chi connectivity index (χ0v) is 17.7. The normalized spacial score (nSPS) is 18.2. The minimum atomic E-state index is -3.12. The van der Waals surface area contributed by atoms with Gasteiger partial charge in [0.15, 0.2) is 9.84 Å². The summed E-state index contributed by atoms with van der Waals surface area (Å²) in [7, 11) is -3.12. The van der Waals surface area contributed by atoms with Crippen LogP contribution in [0.1, 0.15) is 23.1 Å². The van der Waals surface area contributed by atoms with Crippen molar-refractivity contribution in [3.05, 3.63) is 70.4 Å². The number of sulfone groups is 1. The summed E-state index contributed by atoms with van der Waals surface area (Å²) in [6.45, 7) is 2.28. The molecular formula is C22H22ClNO4S. The molecule has 0 spiro atoms. The van der Waals surface area contributed by atoms with Gasteiger partial charge in [-0.2, -0.15) is 0 Å². The van der Waals surface area contributed by atoms with E-state index in [4.69, 9.17) is 16.0 Å². The number of amides is 1. The van der Waals surface area contributed by atoms with Crippen molar-refractivity contribution in [1.82, 2.24) is 4.90 Å². The zero-order chi connectivity index (χ0) is 20.6. The first kappa shape index (κ1) is 20.0. The van der Waals surface area contributed by atoms with Crippen LogP contribution in [0.25, 0.3) is 11.0 Å². The van der Waals surface area contributed by atoms with E-state index in [2.05, 4.69) is 0 Å². The fourth-order valence-corrected chi connectivity index (χ4v) is 5.78. The van der Waals surface area contributed by atoms with Crippen LogP contribution in [0, 0.1) is 6.92 Å². The average molecular weight is 432 g/mol. The van der Waals surface area contributed by atoms with E-state index in [1.807, 2.05) is 43.3 Å². The van der Waals surface area contributed by atoms with Crippen LogP contribution < -0.4 is 0 Å². The molecule has 1 atom stereocenters. The molecular weight excluding hydrogens is 410 g/mol. The van der Waals surface area contributed by atoms with E-state index in [9.17, 15) is 13.2 Å². The number of furan rings is 1. The van der Waals surface area contributed by atoms with Crippen LogP contribution in [0.15, 0.2) is 53.1 Å². The van der Waals surface area contributed by atoms with E-state index in [1.165, 1.54) is 0 Å². The van der Waals surface area contributed by atoms with Crippen LogP contribution in [0.3, 0.4) is 0 Å². The van der Waals surface area contributed by atoms with E-state index >= 15 is 0 Å². The highest BCUT2D eigenvalue weighted by molar-refractivity contribution is 7.91. The molecule has 7 heteroatoms. The minimum absolute atomic E-state index is 0.00552. The molecule has 1 amide bonds. The van der Waals surface area contributed by atoms with Crippen LogP contribution in [0.2, 0.25) is 5.02 Å². The Morgan fingerprint density at radius 3 is 2.72 bits per heavy atom. The second kappa shape index (κ2) is 7.84. The van der Waals surface area contributed by atoms with Crippen molar-refractivity contribution in [2.45, 2.75) is 32.4 Å². The maximum Gasteiger partial charge on any atom is 0.227 e. The number of aryl methyl sites for hydroxylation is 1. The second-order valence-electron chi connectivity index (χ2n) is 7.61. The van der Waals surface area contributed by atoms with E-state index in [1.54, 1.807) is 17.2 Å². The first-order valence-corrected chi connectivity index (χ1v) is 11.7. The Balaban J connectivity index is 1.63. The Bertz CT molecular complexity index is 1170. The fraction of sp³-hybridized carbons (Fsp3) is 0.318. The molecule has 1 aliphatic rings. The monoisotopic (exact) mass is 431 g/mol. The van der Waals surface area contributed by atoms with Crippen molar-refractivity contribution in [3.8, 4) is 0 Å². The molecule has 2 heterocycles. The third-order valence-electron chi connectivity index (χ3n) is 5.42. The lowest BCUT2D eigenvalue weighted by Gasteiger charge is -2.29. The quantitative estimate of drug-likeness (QED) is 0.608. The summed E-state index contributed by atoms with van der Waals surface area (Å²) in [6.07, 6.45) is 2.21. The van der Waals surface area contributed by atoms with Crippen molar-refractivity contribution >= 4 is 38.3 Å². The van der Waals surface area contributed by atoms with Gasteiger partial charge in [-0.1, -0.05) is 41.4 Å². The third kappa shape index (κ3) is 4.33. The molecule has 1 aromatic heterocycles. The predicted octanol–water partition coefficient (Wildman–Crippen LogP) is 4.15. The van der Waals surface area contributed by atoms with Crippen molar-refractivity contribution in [2.24, 2.45) is 0 Å². The number of hydrogen-bond acceptors (Lipinski definition) is 4. The molecule has 0 bridgehead atoms. The maximum atomic E-state index is 13.3. The highest BCUT2D eigenvalue weighted by Crippen LogP contribution is 2.27. The summed E-state index contributed by atoms with van der Waals surface area (Å²) < 4.78 is 29.7. The van der Waals surface area contributed by atoms with E-state index < -0.39 is 9.84 Å². The zero-order valence-electron chi connectivity index (χ0n) is 16.1. The highest BCUT2D eigenvalue weighted by atomic mass is 35.5. The molecule has 0 unspecified atom stereocenters. The Labute approximate surface area is 175 Å². The number of halogens is 1. The van der Waals surface area contributed by atoms with Gasteiger partial charge in [0.2, 0.25) is 5.91 Å². The van der Waals surface area contributed by atoms with Crippen LogP contribution in [-0.2, 0) is 27.6 Å². The summed E-state index contributed by atoms with van der Waals surface area (Å²) in [5, 5.41) is 1.48. The molecule has 1 fully saturated rings. The molecule has 1 saturated heterocycles. The molecule has 0 aliphatic carbocycles. The number of carbonyl (C=O) groups is 1. The molecule has 152 valence electrons. The number of hydrogen-bond donors (Lipinski definition) is 0. The summed E-state index contributed by atoms with van der Waals surface area (Å²) in [6, 6.07) is 12.8. The van der Waals surface area contributed by atoms with Gasteiger partial charge >= 0.3 is 0 Å². The Hall–Kier alpha value is -2.31. The molecule has 29 heavy (non-hydrogen) atoms. The molecule has 3 aromatic rings. The van der Waals surface area contributed by atoms with Gasteiger partial charge in [-0.25, -0.2) is 8.42 Å². The van der Waals surface area contributed by atoms with Crippen molar-refractivity contribution < 1.29 is 17.6 Å². The number of nitrogens with zero attached hydrogens (tertiary/aromatic N) is 1. The highest BCUT2D eigenvalue weighted by Gasteiger charge is 2.35. The lowest BCUT2D eigenvalue weighted by atomic mass is 10.1.